The monoisotopic (exact) mass is 497 g/mol. The average molecular weight is 498 g/mol. The van der Waals surface area contributed by atoms with Crippen LogP contribution in [-0.2, 0) is 31.4 Å². The van der Waals surface area contributed by atoms with Crippen molar-refractivity contribution >= 4 is 54.4 Å². The van der Waals surface area contributed by atoms with Crippen molar-refractivity contribution in [2.24, 2.45) is 10.3 Å². The van der Waals surface area contributed by atoms with Crippen molar-refractivity contribution in [2.45, 2.75) is 47.0 Å². The predicted molar refractivity (Wildman–Crippen MR) is 123 cm³/mol. The van der Waals surface area contributed by atoms with Crippen LogP contribution < -0.4 is 15.6 Å². The maximum atomic E-state index is 12.7. The fourth-order valence-electron chi connectivity index (χ4n) is 3.00. The molecule has 0 aliphatic heterocycles. The van der Waals surface area contributed by atoms with Gasteiger partial charge >= 0.3 is 0 Å². The number of imidazole rings is 1. The van der Waals surface area contributed by atoms with Crippen molar-refractivity contribution in [3.8, 4) is 0 Å². The Hall–Kier alpha value is -2.45. The molecule has 2 aromatic carbocycles. The highest BCUT2D eigenvalue weighted by Crippen LogP contribution is 2.29. The zero-order valence-corrected chi connectivity index (χ0v) is 19.8. The minimum Gasteiger partial charge on any atom is -0.325 e. The number of amides is 1. The minimum atomic E-state index is -3.89. The standard InChI is InChI=1S/C19H23N5O5S3/c1-3-9-24-17-8-7-15(32(21,28)29)11-16(17)23-19(24)30-12(2)18(25)22-13-5-4-6-14(10-13)31(20,26)27/h4-8,10-12H,3,9H2,1-2H3,(H,22,25)(H2,20,26,27)(H2,21,28,29)/t12-/m0/s1. The number of benzene rings is 2. The van der Waals surface area contributed by atoms with Crippen LogP contribution in [0.4, 0.5) is 5.69 Å². The second-order valence-corrected chi connectivity index (χ2v) is 11.5. The van der Waals surface area contributed by atoms with Crippen LogP contribution in [0, 0.1) is 0 Å². The fraction of sp³-hybridized carbons (Fsp3) is 0.263. The summed E-state index contributed by atoms with van der Waals surface area (Å²) >= 11 is 1.20. The molecule has 3 aromatic rings. The lowest BCUT2D eigenvalue weighted by Gasteiger charge is -2.13. The Morgan fingerprint density at radius 2 is 1.75 bits per heavy atom. The van der Waals surface area contributed by atoms with E-state index in [0.717, 1.165) is 11.9 Å². The van der Waals surface area contributed by atoms with E-state index < -0.39 is 25.3 Å². The van der Waals surface area contributed by atoms with Crippen molar-refractivity contribution < 1.29 is 21.6 Å². The Labute approximate surface area is 190 Å². The summed E-state index contributed by atoms with van der Waals surface area (Å²) in [5.41, 5.74) is 1.49. The second kappa shape index (κ2) is 9.19. The molecule has 0 aliphatic rings. The summed E-state index contributed by atoms with van der Waals surface area (Å²) in [5.74, 6) is -0.359. The third kappa shape index (κ3) is 5.48. The molecule has 0 saturated heterocycles. The lowest BCUT2D eigenvalue weighted by atomic mass is 10.3. The van der Waals surface area contributed by atoms with Gasteiger partial charge in [-0.05, 0) is 49.7 Å². The Morgan fingerprint density at radius 1 is 1.09 bits per heavy atom. The molecule has 1 amide bonds. The maximum absolute atomic E-state index is 12.7. The molecule has 0 spiro atoms. The second-order valence-electron chi connectivity index (χ2n) is 7.06. The fourth-order valence-corrected chi connectivity index (χ4v) is 5.04. The van der Waals surface area contributed by atoms with E-state index in [0.29, 0.717) is 22.9 Å². The Balaban J connectivity index is 1.86. The topological polar surface area (TPSA) is 167 Å². The zero-order chi connectivity index (χ0) is 23.7. The quantitative estimate of drug-likeness (QED) is 0.399. The lowest BCUT2D eigenvalue weighted by molar-refractivity contribution is -0.115. The van der Waals surface area contributed by atoms with Crippen LogP contribution >= 0.6 is 11.8 Å². The summed E-state index contributed by atoms with van der Waals surface area (Å²) in [6.07, 6.45) is 0.802. The van der Waals surface area contributed by atoms with Crippen molar-refractivity contribution in [3.63, 3.8) is 0 Å². The van der Waals surface area contributed by atoms with Crippen LogP contribution in [0.3, 0.4) is 0 Å². The van der Waals surface area contributed by atoms with Crippen LogP contribution in [0.15, 0.2) is 57.4 Å². The first kappa shape index (κ1) is 24.2. The van der Waals surface area contributed by atoms with Gasteiger partial charge in [-0.3, -0.25) is 4.79 Å². The van der Waals surface area contributed by atoms with Crippen LogP contribution in [0.25, 0.3) is 11.0 Å². The summed E-state index contributed by atoms with van der Waals surface area (Å²) in [6, 6.07) is 10.1. The van der Waals surface area contributed by atoms with Crippen molar-refractivity contribution in [1.82, 2.24) is 9.55 Å². The summed E-state index contributed by atoms with van der Waals surface area (Å²) in [4.78, 5) is 17.1. The minimum absolute atomic E-state index is 0.0387. The first-order chi connectivity index (χ1) is 14.9. The van der Waals surface area contributed by atoms with Gasteiger partial charge < -0.3 is 9.88 Å². The summed E-state index contributed by atoms with van der Waals surface area (Å²) in [6.45, 7) is 4.31. The molecule has 10 nitrogen and oxygen atoms in total. The van der Waals surface area contributed by atoms with E-state index in [9.17, 15) is 21.6 Å². The number of carbonyl (C=O) groups is 1. The molecule has 13 heteroatoms. The summed E-state index contributed by atoms with van der Waals surface area (Å²) in [7, 11) is -7.76. The number of aryl methyl sites for hydroxylation is 1. The van der Waals surface area contributed by atoms with Gasteiger partial charge in [-0.2, -0.15) is 0 Å². The molecule has 1 heterocycles. The highest BCUT2D eigenvalue weighted by Gasteiger charge is 2.21. The van der Waals surface area contributed by atoms with Crippen LogP contribution in [0.1, 0.15) is 20.3 Å². The molecule has 0 bridgehead atoms. The molecule has 0 saturated carbocycles. The predicted octanol–water partition coefficient (Wildman–Crippen LogP) is 1.86. The van der Waals surface area contributed by atoms with Crippen molar-refractivity contribution in [1.29, 1.82) is 0 Å². The summed E-state index contributed by atoms with van der Waals surface area (Å²) in [5, 5.41) is 13.0. The number of sulfonamides is 2. The normalized spacial score (nSPS) is 13.2. The number of nitrogens with one attached hydrogen (secondary N) is 1. The molecule has 32 heavy (non-hydrogen) atoms. The smallest absolute Gasteiger partial charge is 0.238 e. The molecule has 3 rings (SSSR count). The van der Waals surface area contributed by atoms with Gasteiger partial charge in [0.1, 0.15) is 0 Å². The number of carbonyl (C=O) groups excluding carboxylic acids is 1. The molecule has 0 radical (unpaired) electrons. The molecule has 0 fully saturated rings. The first-order valence-corrected chi connectivity index (χ1v) is 13.5. The lowest BCUT2D eigenvalue weighted by Crippen LogP contribution is -2.23. The van der Waals surface area contributed by atoms with E-state index >= 15 is 0 Å². The van der Waals surface area contributed by atoms with Crippen LogP contribution in [0.2, 0.25) is 0 Å². The van der Waals surface area contributed by atoms with E-state index in [1.807, 2.05) is 11.5 Å². The van der Waals surface area contributed by atoms with Crippen molar-refractivity contribution in [3.05, 3.63) is 42.5 Å². The molecular weight excluding hydrogens is 474 g/mol. The number of hydrogen-bond acceptors (Lipinski definition) is 7. The SMILES string of the molecule is CCCn1c(S[C@@H](C)C(=O)Nc2cccc(S(N)(=O)=O)c2)nc2cc(S(N)(=O)=O)ccc21. The maximum Gasteiger partial charge on any atom is 0.238 e. The van der Waals surface area contributed by atoms with E-state index in [1.165, 1.54) is 42.1 Å². The third-order valence-electron chi connectivity index (χ3n) is 4.54. The number of rotatable bonds is 8. The zero-order valence-electron chi connectivity index (χ0n) is 17.3. The van der Waals surface area contributed by atoms with E-state index in [1.54, 1.807) is 19.1 Å². The molecule has 0 unspecified atom stereocenters. The number of aromatic nitrogens is 2. The number of fused-ring (bicyclic) bond motifs is 1. The summed E-state index contributed by atoms with van der Waals surface area (Å²) < 4.78 is 48.3. The number of nitrogens with zero attached hydrogens (tertiary/aromatic N) is 2. The van der Waals surface area contributed by atoms with Gasteiger partial charge in [0.25, 0.3) is 0 Å². The molecule has 5 N–H and O–H groups in total. The van der Waals surface area contributed by atoms with E-state index in [2.05, 4.69) is 10.3 Å². The average Bonchev–Trinajstić information content (AvgIpc) is 3.03. The molecular formula is C19H23N5O5S3. The highest BCUT2D eigenvalue weighted by molar-refractivity contribution is 8.00. The van der Waals surface area contributed by atoms with Gasteiger partial charge in [-0.15, -0.1) is 0 Å². The highest BCUT2D eigenvalue weighted by atomic mass is 32.2. The number of hydrogen-bond donors (Lipinski definition) is 3. The number of nitrogens with two attached hydrogens (primary N) is 2. The van der Waals surface area contributed by atoms with Gasteiger partial charge in [0, 0.05) is 12.2 Å². The van der Waals surface area contributed by atoms with Crippen LogP contribution in [-0.4, -0.2) is 37.5 Å². The number of thioether (sulfide) groups is 1. The number of anilines is 1. The third-order valence-corrected chi connectivity index (χ3v) is 7.45. The van der Waals surface area contributed by atoms with E-state index in [-0.39, 0.29) is 15.7 Å². The molecule has 1 atom stereocenters. The van der Waals surface area contributed by atoms with Gasteiger partial charge in [0.15, 0.2) is 5.16 Å². The van der Waals surface area contributed by atoms with Crippen LogP contribution in [0.5, 0.6) is 0 Å². The first-order valence-electron chi connectivity index (χ1n) is 9.53. The van der Waals surface area contributed by atoms with E-state index in [4.69, 9.17) is 10.3 Å². The van der Waals surface area contributed by atoms with Gasteiger partial charge in [-0.25, -0.2) is 32.1 Å². The Bertz CT molecular complexity index is 1380. The number of primary sulfonamides is 2. The molecule has 1 aromatic heterocycles. The largest absolute Gasteiger partial charge is 0.325 e. The molecule has 0 aliphatic carbocycles. The molecule has 172 valence electrons. The van der Waals surface area contributed by atoms with Gasteiger partial charge in [-0.1, -0.05) is 24.8 Å². The van der Waals surface area contributed by atoms with Gasteiger partial charge in [0.2, 0.25) is 26.0 Å². The Morgan fingerprint density at radius 3 is 2.38 bits per heavy atom. The van der Waals surface area contributed by atoms with Gasteiger partial charge in [0.05, 0.1) is 26.1 Å². The van der Waals surface area contributed by atoms with Crippen molar-refractivity contribution in [2.75, 3.05) is 5.32 Å². The Kier molecular flexibility index (Phi) is 6.95.